The summed E-state index contributed by atoms with van der Waals surface area (Å²) in [6, 6.07) is 4.06. The highest BCUT2D eigenvalue weighted by Gasteiger charge is 2.20. The third kappa shape index (κ3) is 4.10. The molecule has 0 fully saturated rings. The lowest BCUT2D eigenvalue weighted by Crippen LogP contribution is -2.16. The third-order valence-electron chi connectivity index (χ3n) is 1.91. The van der Waals surface area contributed by atoms with Crippen molar-refractivity contribution in [1.29, 1.82) is 0 Å². The summed E-state index contributed by atoms with van der Waals surface area (Å²) in [7, 11) is -8.52. The smallest absolute Gasteiger partial charge is 0.397 e. The van der Waals surface area contributed by atoms with Gasteiger partial charge in [-0.1, -0.05) is 17.7 Å². The predicted molar refractivity (Wildman–Crippen MR) is 65.4 cm³/mol. The molecule has 0 aliphatic carbocycles. The Balaban J connectivity index is 2.91. The Morgan fingerprint density at radius 2 is 1.89 bits per heavy atom. The Kier molecular flexibility index (Phi) is 4.56. The van der Waals surface area contributed by atoms with Crippen LogP contribution >= 0.6 is 11.6 Å². The summed E-state index contributed by atoms with van der Waals surface area (Å²) in [6.45, 7) is -0.716. The highest BCUT2D eigenvalue weighted by Crippen LogP contribution is 2.27. The van der Waals surface area contributed by atoms with Crippen LogP contribution in [0.5, 0.6) is 0 Å². The molecule has 0 spiro atoms. The predicted octanol–water partition coefficient (Wildman–Crippen LogP) is 0.515. The van der Waals surface area contributed by atoms with Gasteiger partial charge in [-0.15, -0.1) is 0 Å². The Bertz CT molecular complexity index is 640. The maximum Gasteiger partial charge on any atom is 0.397 e. The van der Waals surface area contributed by atoms with Crippen molar-refractivity contribution in [2.24, 2.45) is 0 Å². The molecule has 10 heteroatoms. The Morgan fingerprint density at radius 3 is 2.44 bits per heavy atom. The standard InChI is InChI=1S/C8H10ClNO6S2/c9-8-6(10)2-1-3-7(8)17(11,12)5-4-16-18(13,14)15/h1-3H,4-5,10H2,(H,13,14,15). The van der Waals surface area contributed by atoms with Crippen LogP contribution in [0.25, 0.3) is 0 Å². The van der Waals surface area contributed by atoms with Gasteiger partial charge >= 0.3 is 10.4 Å². The average molecular weight is 316 g/mol. The maximum absolute atomic E-state index is 11.8. The van der Waals surface area contributed by atoms with Crippen molar-refractivity contribution in [3.63, 3.8) is 0 Å². The second-order valence-corrected chi connectivity index (χ2v) is 6.77. The molecule has 0 saturated carbocycles. The van der Waals surface area contributed by atoms with Gasteiger partial charge in [0.05, 0.1) is 28.0 Å². The zero-order chi connectivity index (χ0) is 14.0. The molecular weight excluding hydrogens is 306 g/mol. The zero-order valence-corrected chi connectivity index (χ0v) is 11.3. The molecule has 0 unspecified atom stereocenters. The first-order valence-corrected chi connectivity index (χ1v) is 7.91. The van der Waals surface area contributed by atoms with Crippen molar-refractivity contribution in [2.75, 3.05) is 18.1 Å². The summed E-state index contributed by atoms with van der Waals surface area (Å²) in [5, 5.41) is -0.135. The minimum absolute atomic E-state index is 0.0911. The summed E-state index contributed by atoms with van der Waals surface area (Å²) in [5.41, 5.74) is 5.54. The Labute approximate surface area is 109 Å². The number of sulfone groups is 1. The number of benzene rings is 1. The van der Waals surface area contributed by atoms with Crippen LogP contribution in [0.1, 0.15) is 0 Å². The molecule has 1 aromatic carbocycles. The highest BCUT2D eigenvalue weighted by atomic mass is 35.5. The second kappa shape index (κ2) is 5.41. The van der Waals surface area contributed by atoms with E-state index in [1.54, 1.807) is 0 Å². The molecule has 102 valence electrons. The van der Waals surface area contributed by atoms with Gasteiger partial charge in [0.2, 0.25) is 0 Å². The summed E-state index contributed by atoms with van der Waals surface area (Å²) >= 11 is 5.73. The van der Waals surface area contributed by atoms with E-state index in [2.05, 4.69) is 4.18 Å². The van der Waals surface area contributed by atoms with E-state index in [1.807, 2.05) is 0 Å². The van der Waals surface area contributed by atoms with Gasteiger partial charge in [-0.25, -0.2) is 12.6 Å². The van der Waals surface area contributed by atoms with Gasteiger partial charge in [0.15, 0.2) is 9.84 Å². The molecular formula is C8H10ClNO6S2. The molecule has 7 nitrogen and oxygen atoms in total. The SMILES string of the molecule is Nc1cccc(S(=O)(=O)CCOS(=O)(=O)O)c1Cl. The van der Waals surface area contributed by atoms with E-state index in [4.69, 9.17) is 21.9 Å². The van der Waals surface area contributed by atoms with E-state index < -0.39 is 32.6 Å². The van der Waals surface area contributed by atoms with Crippen LogP contribution in [0.2, 0.25) is 5.02 Å². The number of rotatable bonds is 5. The van der Waals surface area contributed by atoms with Crippen molar-refractivity contribution in [3.05, 3.63) is 23.2 Å². The zero-order valence-electron chi connectivity index (χ0n) is 8.91. The third-order valence-corrected chi connectivity index (χ3v) is 4.63. The van der Waals surface area contributed by atoms with Crippen LogP contribution in [0.15, 0.2) is 23.1 Å². The van der Waals surface area contributed by atoms with Crippen LogP contribution in [0.4, 0.5) is 5.69 Å². The first kappa shape index (κ1) is 15.2. The lowest BCUT2D eigenvalue weighted by atomic mass is 10.3. The largest absolute Gasteiger partial charge is 0.397 e. The molecule has 3 N–H and O–H groups in total. The van der Waals surface area contributed by atoms with E-state index in [0.717, 1.165) is 0 Å². The van der Waals surface area contributed by atoms with Gasteiger partial charge in [0.25, 0.3) is 0 Å². The maximum atomic E-state index is 11.8. The quantitative estimate of drug-likeness (QED) is 0.599. The number of hydrogen-bond acceptors (Lipinski definition) is 6. The van der Waals surface area contributed by atoms with Gasteiger partial charge in [0.1, 0.15) is 0 Å². The summed E-state index contributed by atoms with van der Waals surface area (Å²) in [6.07, 6.45) is 0. The first-order valence-electron chi connectivity index (χ1n) is 4.52. The van der Waals surface area contributed by atoms with Gasteiger partial charge in [0, 0.05) is 0 Å². The highest BCUT2D eigenvalue weighted by molar-refractivity contribution is 7.91. The van der Waals surface area contributed by atoms with Gasteiger partial charge in [-0.2, -0.15) is 8.42 Å². The molecule has 0 radical (unpaired) electrons. The van der Waals surface area contributed by atoms with Crippen molar-refractivity contribution < 1.29 is 25.6 Å². The molecule has 0 aromatic heterocycles. The molecule has 0 aliphatic heterocycles. The molecule has 1 rings (SSSR count). The van der Waals surface area contributed by atoms with E-state index >= 15 is 0 Å². The number of hydrogen-bond donors (Lipinski definition) is 2. The fourth-order valence-electron chi connectivity index (χ4n) is 1.13. The fourth-order valence-corrected chi connectivity index (χ4v) is 3.20. The van der Waals surface area contributed by atoms with Crippen LogP contribution in [-0.2, 0) is 24.4 Å². The normalized spacial score (nSPS) is 12.6. The van der Waals surface area contributed by atoms with Gasteiger partial charge in [-0.3, -0.25) is 4.55 Å². The molecule has 0 amide bonds. The van der Waals surface area contributed by atoms with Gasteiger partial charge < -0.3 is 5.73 Å². The van der Waals surface area contributed by atoms with Crippen molar-refractivity contribution in [2.45, 2.75) is 4.90 Å². The molecule has 0 aliphatic rings. The van der Waals surface area contributed by atoms with Crippen molar-refractivity contribution in [3.8, 4) is 0 Å². The second-order valence-electron chi connectivity index (χ2n) is 3.23. The lowest BCUT2D eigenvalue weighted by Gasteiger charge is -2.07. The van der Waals surface area contributed by atoms with Crippen LogP contribution in [0.3, 0.4) is 0 Å². The van der Waals surface area contributed by atoms with Crippen LogP contribution in [0, 0.1) is 0 Å². The minimum Gasteiger partial charge on any atom is -0.397 e. The fraction of sp³-hybridized carbons (Fsp3) is 0.250. The van der Waals surface area contributed by atoms with Crippen LogP contribution in [-0.4, -0.2) is 33.7 Å². The topological polar surface area (TPSA) is 124 Å². The number of nitrogens with two attached hydrogens (primary N) is 1. The first-order chi connectivity index (χ1) is 8.13. The Morgan fingerprint density at radius 1 is 1.28 bits per heavy atom. The molecule has 1 aromatic rings. The summed E-state index contributed by atoms with van der Waals surface area (Å²) in [4.78, 5) is -0.219. The van der Waals surface area contributed by atoms with Crippen molar-refractivity contribution >= 4 is 37.5 Å². The molecule has 0 saturated heterocycles. The van der Waals surface area contributed by atoms with E-state index in [1.165, 1.54) is 18.2 Å². The number of anilines is 1. The minimum atomic E-state index is -4.67. The summed E-state index contributed by atoms with van der Waals surface area (Å²) in [5.74, 6) is -0.657. The van der Waals surface area contributed by atoms with E-state index in [0.29, 0.717) is 0 Å². The summed E-state index contributed by atoms with van der Waals surface area (Å²) < 4.78 is 56.3. The van der Waals surface area contributed by atoms with E-state index in [-0.39, 0.29) is 15.6 Å². The molecule has 18 heavy (non-hydrogen) atoms. The molecule has 0 atom stereocenters. The molecule has 0 heterocycles. The van der Waals surface area contributed by atoms with E-state index in [9.17, 15) is 16.8 Å². The molecule has 0 bridgehead atoms. The van der Waals surface area contributed by atoms with Crippen molar-refractivity contribution in [1.82, 2.24) is 0 Å². The number of halogens is 1. The van der Waals surface area contributed by atoms with Crippen LogP contribution < -0.4 is 5.73 Å². The number of nitrogen functional groups attached to an aromatic ring is 1. The lowest BCUT2D eigenvalue weighted by molar-refractivity contribution is 0.284. The average Bonchev–Trinajstić information content (AvgIpc) is 2.19. The monoisotopic (exact) mass is 315 g/mol. The van der Waals surface area contributed by atoms with Gasteiger partial charge in [-0.05, 0) is 12.1 Å². The Hall–Kier alpha value is -0.870.